The number of nitrogens with zero attached hydrogens (tertiary/aromatic N) is 2. The molecule has 18 heavy (non-hydrogen) atoms. The predicted octanol–water partition coefficient (Wildman–Crippen LogP) is 0.922. The van der Waals surface area contributed by atoms with Gasteiger partial charge in [-0.2, -0.15) is 0 Å². The quantitative estimate of drug-likeness (QED) is 0.749. The Balaban J connectivity index is 1.71. The summed E-state index contributed by atoms with van der Waals surface area (Å²) in [6.07, 6.45) is 0.465. The highest BCUT2D eigenvalue weighted by Gasteiger charge is 2.48. The minimum Gasteiger partial charge on any atom is -0.459 e. The van der Waals surface area contributed by atoms with E-state index in [2.05, 4.69) is 10.3 Å². The van der Waals surface area contributed by atoms with Gasteiger partial charge in [-0.15, -0.1) is 0 Å². The lowest BCUT2D eigenvalue weighted by molar-refractivity contribution is -0.149. The van der Waals surface area contributed by atoms with Gasteiger partial charge in [-0.05, 0) is 19.1 Å². The normalized spacial score (nSPS) is 25.2. The van der Waals surface area contributed by atoms with Crippen LogP contribution in [0.1, 0.15) is 12.1 Å². The first kappa shape index (κ1) is 11.0. The van der Waals surface area contributed by atoms with Gasteiger partial charge in [0.25, 0.3) is 0 Å². The number of carbonyl (C=O) groups is 2. The van der Waals surface area contributed by atoms with Gasteiger partial charge in [-0.25, -0.2) is 14.6 Å². The van der Waals surface area contributed by atoms with Crippen molar-refractivity contribution in [3.8, 4) is 0 Å². The van der Waals surface area contributed by atoms with E-state index in [0.717, 1.165) is 5.69 Å². The number of aromatic nitrogens is 1. The van der Waals surface area contributed by atoms with E-state index in [1.54, 1.807) is 6.07 Å². The third-order valence-corrected chi connectivity index (χ3v) is 3.20. The van der Waals surface area contributed by atoms with Crippen molar-refractivity contribution >= 4 is 17.8 Å². The van der Waals surface area contributed by atoms with Crippen LogP contribution in [0.25, 0.3) is 0 Å². The van der Waals surface area contributed by atoms with E-state index in [9.17, 15) is 9.59 Å². The van der Waals surface area contributed by atoms with E-state index in [-0.39, 0.29) is 18.1 Å². The third-order valence-electron chi connectivity index (χ3n) is 3.20. The second-order valence-corrected chi connectivity index (χ2v) is 4.56. The van der Waals surface area contributed by atoms with Crippen molar-refractivity contribution in [1.82, 2.24) is 9.88 Å². The number of esters is 1. The van der Waals surface area contributed by atoms with Crippen molar-refractivity contribution < 1.29 is 14.3 Å². The zero-order valence-corrected chi connectivity index (χ0v) is 9.92. The molecule has 6 heteroatoms. The number of hydrogen-bond acceptors (Lipinski definition) is 4. The Morgan fingerprint density at radius 3 is 3.06 bits per heavy atom. The average molecular weight is 247 g/mol. The summed E-state index contributed by atoms with van der Waals surface area (Å²) in [5.41, 5.74) is 0.829. The van der Waals surface area contributed by atoms with Gasteiger partial charge >= 0.3 is 12.0 Å². The molecular formula is C12H13N3O3. The lowest BCUT2D eigenvalue weighted by Gasteiger charge is -2.25. The van der Waals surface area contributed by atoms with Crippen molar-refractivity contribution in [2.24, 2.45) is 0 Å². The number of rotatable bonds is 1. The second kappa shape index (κ2) is 3.97. The van der Waals surface area contributed by atoms with Crippen LogP contribution in [0.15, 0.2) is 18.2 Å². The van der Waals surface area contributed by atoms with Crippen molar-refractivity contribution in [2.75, 3.05) is 11.9 Å². The van der Waals surface area contributed by atoms with E-state index >= 15 is 0 Å². The fourth-order valence-corrected chi connectivity index (χ4v) is 2.37. The molecule has 2 unspecified atom stereocenters. The van der Waals surface area contributed by atoms with Gasteiger partial charge in [0.15, 0.2) is 0 Å². The van der Waals surface area contributed by atoms with Crippen molar-refractivity contribution in [3.63, 3.8) is 0 Å². The molecule has 0 aliphatic carbocycles. The monoisotopic (exact) mass is 247 g/mol. The van der Waals surface area contributed by atoms with Gasteiger partial charge in [-0.1, -0.05) is 6.07 Å². The topological polar surface area (TPSA) is 71.5 Å². The van der Waals surface area contributed by atoms with Crippen LogP contribution >= 0.6 is 0 Å². The van der Waals surface area contributed by atoms with Gasteiger partial charge in [-0.3, -0.25) is 5.32 Å². The molecule has 94 valence electrons. The first-order valence-corrected chi connectivity index (χ1v) is 5.85. The van der Waals surface area contributed by atoms with E-state index in [4.69, 9.17) is 4.74 Å². The minimum absolute atomic E-state index is 0.140. The van der Waals surface area contributed by atoms with E-state index < -0.39 is 6.04 Å². The summed E-state index contributed by atoms with van der Waals surface area (Å²) in [5, 5.41) is 2.70. The number of urea groups is 1. The molecular weight excluding hydrogens is 234 g/mol. The van der Waals surface area contributed by atoms with Crippen LogP contribution in [0.2, 0.25) is 0 Å². The number of pyridine rings is 1. The molecule has 0 spiro atoms. The highest BCUT2D eigenvalue weighted by molar-refractivity contribution is 5.93. The first-order chi connectivity index (χ1) is 8.63. The summed E-state index contributed by atoms with van der Waals surface area (Å²) >= 11 is 0. The molecule has 2 saturated heterocycles. The number of anilines is 1. The zero-order valence-electron chi connectivity index (χ0n) is 9.92. The zero-order chi connectivity index (χ0) is 12.7. The van der Waals surface area contributed by atoms with Gasteiger partial charge < -0.3 is 9.64 Å². The average Bonchev–Trinajstić information content (AvgIpc) is 2.87. The molecule has 1 aromatic rings. The largest absolute Gasteiger partial charge is 0.459 e. The lowest BCUT2D eigenvalue weighted by Crippen LogP contribution is -2.46. The molecule has 3 rings (SSSR count). The van der Waals surface area contributed by atoms with E-state index in [1.165, 1.54) is 4.90 Å². The van der Waals surface area contributed by atoms with Crippen LogP contribution in [0, 0.1) is 6.92 Å². The minimum atomic E-state index is -0.431. The van der Waals surface area contributed by atoms with Gasteiger partial charge in [0.2, 0.25) is 0 Å². The van der Waals surface area contributed by atoms with Crippen LogP contribution in [0.5, 0.6) is 0 Å². The molecule has 6 nitrogen and oxygen atoms in total. The van der Waals surface area contributed by atoms with Crippen LogP contribution in [-0.2, 0) is 9.53 Å². The molecule has 1 aromatic heterocycles. The molecule has 2 aliphatic rings. The van der Waals surface area contributed by atoms with Crippen LogP contribution in [0.3, 0.4) is 0 Å². The third kappa shape index (κ3) is 1.79. The Kier molecular flexibility index (Phi) is 2.43. The number of ether oxygens (including phenoxy) is 1. The molecule has 2 fully saturated rings. The standard InChI is InChI=1S/C12H13N3O3/c1-7-3-2-4-10(13-7)14-12(17)15-6-8-5-9(15)11(16)18-8/h2-4,8-9H,5-6H2,1H3,(H,13,14,17). The maximum atomic E-state index is 12.0. The Hall–Kier alpha value is -2.11. The summed E-state index contributed by atoms with van der Waals surface area (Å²) in [6, 6.07) is 4.67. The van der Waals surface area contributed by atoms with E-state index in [1.807, 2.05) is 19.1 Å². The number of amides is 2. The number of fused-ring (bicyclic) bond motifs is 2. The lowest BCUT2D eigenvalue weighted by atomic mass is 10.2. The smallest absolute Gasteiger partial charge is 0.329 e. The van der Waals surface area contributed by atoms with Crippen LogP contribution in [-0.4, -0.2) is 40.6 Å². The maximum absolute atomic E-state index is 12.0. The van der Waals surface area contributed by atoms with Crippen molar-refractivity contribution in [1.29, 1.82) is 0 Å². The number of likely N-dealkylation sites (tertiary alicyclic amines) is 1. The number of nitrogens with one attached hydrogen (secondary N) is 1. The van der Waals surface area contributed by atoms with Crippen LogP contribution in [0.4, 0.5) is 10.6 Å². The Morgan fingerprint density at radius 1 is 1.56 bits per heavy atom. The molecule has 0 radical (unpaired) electrons. The Morgan fingerprint density at radius 2 is 2.39 bits per heavy atom. The highest BCUT2D eigenvalue weighted by atomic mass is 16.6. The van der Waals surface area contributed by atoms with Gasteiger partial charge in [0.05, 0.1) is 6.54 Å². The second-order valence-electron chi connectivity index (χ2n) is 4.56. The van der Waals surface area contributed by atoms with Crippen LogP contribution < -0.4 is 5.32 Å². The van der Waals surface area contributed by atoms with E-state index in [0.29, 0.717) is 18.8 Å². The fraction of sp³-hybridized carbons (Fsp3) is 0.417. The Labute approximate surface area is 104 Å². The predicted molar refractivity (Wildman–Crippen MR) is 63.0 cm³/mol. The molecule has 0 saturated carbocycles. The molecule has 2 aliphatic heterocycles. The molecule has 0 aromatic carbocycles. The number of morpholine rings is 1. The van der Waals surface area contributed by atoms with Gasteiger partial charge in [0.1, 0.15) is 18.0 Å². The number of aryl methyl sites for hydroxylation is 1. The van der Waals surface area contributed by atoms with Crippen molar-refractivity contribution in [3.05, 3.63) is 23.9 Å². The maximum Gasteiger partial charge on any atom is 0.329 e. The molecule has 1 N–H and O–H groups in total. The van der Waals surface area contributed by atoms with Crippen molar-refractivity contribution in [2.45, 2.75) is 25.5 Å². The molecule has 2 atom stereocenters. The molecule has 2 bridgehead atoms. The highest BCUT2D eigenvalue weighted by Crippen LogP contribution is 2.29. The summed E-state index contributed by atoms with van der Waals surface area (Å²) in [5.74, 6) is 0.190. The molecule has 3 heterocycles. The summed E-state index contributed by atoms with van der Waals surface area (Å²) in [6.45, 7) is 2.32. The number of hydrogen-bond donors (Lipinski definition) is 1. The summed E-state index contributed by atoms with van der Waals surface area (Å²) in [4.78, 5) is 29.1. The first-order valence-electron chi connectivity index (χ1n) is 5.85. The SMILES string of the molecule is Cc1cccc(NC(=O)N2CC3CC2C(=O)O3)n1. The number of carbonyl (C=O) groups excluding carboxylic acids is 2. The molecule has 2 amide bonds. The summed E-state index contributed by atoms with van der Waals surface area (Å²) < 4.78 is 5.03. The Bertz CT molecular complexity index is 517. The van der Waals surface area contributed by atoms with Gasteiger partial charge in [0, 0.05) is 12.1 Å². The summed E-state index contributed by atoms with van der Waals surface area (Å²) in [7, 11) is 0. The fourth-order valence-electron chi connectivity index (χ4n) is 2.37.